The second-order valence-electron chi connectivity index (χ2n) is 5.36. The Morgan fingerprint density at radius 1 is 0.773 bits per heavy atom. The average Bonchev–Trinajstić information content (AvgIpc) is 2.44. The summed E-state index contributed by atoms with van der Waals surface area (Å²) in [5.74, 6) is -2.72. The fraction of sp³-hybridized carbons (Fsp3) is 0.429. The van der Waals surface area contributed by atoms with Crippen molar-refractivity contribution in [1.29, 1.82) is 0 Å². The van der Waals surface area contributed by atoms with E-state index in [1.165, 1.54) is 27.7 Å². The van der Waals surface area contributed by atoms with Crippen LogP contribution in [-0.4, -0.2) is 34.7 Å². The number of carbonyl (C=O) groups excluding carboxylic acids is 4. The number of imide groups is 2. The molecular weight excluding hydrogens is 288 g/mol. The first-order chi connectivity index (χ1) is 9.96. The highest BCUT2D eigenvalue weighted by atomic mass is 16.2. The van der Waals surface area contributed by atoms with E-state index in [9.17, 15) is 19.2 Å². The second-order valence-corrected chi connectivity index (χ2v) is 5.36. The normalized spacial score (nSPS) is 11.6. The van der Waals surface area contributed by atoms with Crippen molar-refractivity contribution in [3.05, 3.63) is 25.3 Å². The van der Waals surface area contributed by atoms with Gasteiger partial charge in [-0.05, 0) is 39.8 Å². The van der Waals surface area contributed by atoms with Gasteiger partial charge in [-0.15, -0.1) is 0 Å². The van der Waals surface area contributed by atoms with E-state index < -0.39 is 34.7 Å². The first kappa shape index (κ1) is 19.4. The van der Waals surface area contributed by atoms with Crippen LogP contribution in [0.1, 0.15) is 27.7 Å². The maximum Gasteiger partial charge on any atom is 0.256 e. The van der Waals surface area contributed by atoms with Gasteiger partial charge < -0.3 is 0 Å². The van der Waals surface area contributed by atoms with E-state index in [2.05, 4.69) is 34.0 Å². The summed E-state index contributed by atoms with van der Waals surface area (Å²) in [5, 5.41) is 11.7. The molecule has 0 rings (SSSR count). The standard InChI is InChI=1S/C14H20N4O4/c1-7-9(19)15-11(21)13(3,4)17-18-14(5,6)12(22)16-10(20)8-2/h7-8H,1-2H2,3-6H3,(H,15,19,21)(H,16,20,22). The maximum absolute atomic E-state index is 11.8. The van der Waals surface area contributed by atoms with Crippen LogP contribution in [0.3, 0.4) is 0 Å². The van der Waals surface area contributed by atoms with Crippen molar-refractivity contribution in [3.8, 4) is 0 Å². The second kappa shape index (κ2) is 7.39. The Morgan fingerprint density at radius 2 is 1.05 bits per heavy atom. The Kier molecular flexibility index (Phi) is 6.50. The Balaban J connectivity index is 5.05. The van der Waals surface area contributed by atoms with Crippen LogP contribution in [0.25, 0.3) is 0 Å². The Morgan fingerprint density at radius 3 is 1.27 bits per heavy atom. The highest BCUT2D eigenvalue weighted by Gasteiger charge is 2.33. The molecule has 0 aliphatic rings. The summed E-state index contributed by atoms with van der Waals surface area (Å²) >= 11 is 0. The van der Waals surface area contributed by atoms with E-state index >= 15 is 0 Å². The fourth-order valence-electron chi connectivity index (χ4n) is 0.973. The van der Waals surface area contributed by atoms with Crippen LogP contribution in [0, 0.1) is 0 Å². The fourth-order valence-corrected chi connectivity index (χ4v) is 0.973. The lowest BCUT2D eigenvalue weighted by molar-refractivity contribution is -0.133. The van der Waals surface area contributed by atoms with Crippen LogP contribution < -0.4 is 10.6 Å². The van der Waals surface area contributed by atoms with E-state index in [-0.39, 0.29) is 0 Å². The molecule has 0 bridgehead atoms. The summed E-state index contributed by atoms with van der Waals surface area (Å²) in [7, 11) is 0. The Labute approximate surface area is 128 Å². The van der Waals surface area contributed by atoms with E-state index in [0.717, 1.165) is 12.2 Å². The van der Waals surface area contributed by atoms with Gasteiger partial charge in [0.25, 0.3) is 11.8 Å². The van der Waals surface area contributed by atoms with Gasteiger partial charge in [-0.2, -0.15) is 10.2 Å². The third-order valence-electron chi connectivity index (χ3n) is 2.51. The molecule has 120 valence electrons. The summed E-state index contributed by atoms with van der Waals surface area (Å²) in [5.41, 5.74) is -2.75. The highest BCUT2D eigenvalue weighted by molar-refractivity contribution is 6.04. The van der Waals surface area contributed by atoms with Crippen molar-refractivity contribution < 1.29 is 19.2 Å². The van der Waals surface area contributed by atoms with Crippen LogP contribution in [0.2, 0.25) is 0 Å². The summed E-state index contributed by atoms with van der Waals surface area (Å²) in [6.45, 7) is 12.1. The molecule has 0 aliphatic heterocycles. The average molecular weight is 308 g/mol. The molecule has 8 heteroatoms. The summed E-state index contributed by atoms with van der Waals surface area (Å²) < 4.78 is 0. The zero-order chi connectivity index (χ0) is 17.6. The SMILES string of the molecule is C=CC(=O)NC(=O)C(C)(C)N=NC(C)(C)C(=O)NC(=O)C=C. The van der Waals surface area contributed by atoms with Crippen LogP contribution in [0.5, 0.6) is 0 Å². The molecule has 0 heterocycles. The molecule has 0 radical (unpaired) electrons. The van der Waals surface area contributed by atoms with E-state index in [4.69, 9.17) is 0 Å². The summed E-state index contributed by atoms with van der Waals surface area (Å²) in [6.07, 6.45) is 1.90. The first-order valence-corrected chi connectivity index (χ1v) is 6.36. The predicted octanol–water partition coefficient (Wildman–Crippen LogP) is 0.653. The molecule has 0 saturated carbocycles. The minimum atomic E-state index is -1.38. The van der Waals surface area contributed by atoms with Crippen LogP contribution >= 0.6 is 0 Å². The lowest BCUT2D eigenvalue weighted by Crippen LogP contribution is -2.45. The number of hydrogen-bond donors (Lipinski definition) is 2. The van der Waals surface area contributed by atoms with Crippen molar-refractivity contribution in [2.75, 3.05) is 0 Å². The zero-order valence-electron chi connectivity index (χ0n) is 13.1. The predicted molar refractivity (Wildman–Crippen MR) is 79.7 cm³/mol. The van der Waals surface area contributed by atoms with Gasteiger partial charge >= 0.3 is 0 Å². The molecule has 0 fully saturated rings. The quantitative estimate of drug-likeness (QED) is 0.553. The molecule has 0 spiro atoms. The molecule has 0 aromatic carbocycles. The maximum atomic E-state index is 11.8. The van der Waals surface area contributed by atoms with E-state index in [1.54, 1.807) is 0 Å². The Hall–Kier alpha value is -2.64. The van der Waals surface area contributed by atoms with Gasteiger partial charge in [0.05, 0.1) is 0 Å². The highest BCUT2D eigenvalue weighted by Crippen LogP contribution is 2.16. The number of nitrogens with zero attached hydrogens (tertiary/aromatic N) is 2. The molecule has 0 aromatic rings. The van der Waals surface area contributed by atoms with Crippen molar-refractivity contribution in [2.24, 2.45) is 10.2 Å². The van der Waals surface area contributed by atoms with Gasteiger partial charge in [0.15, 0.2) is 11.1 Å². The Bertz CT molecular complexity index is 499. The number of amides is 4. The number of hydrogen-bond acceptors (Lipinski definition) is 6. The van der Waals surface area contributed by atoms with Crippen LogP contribution in [0.15, 0.2) is 35.5 Å². The van der Waals surface area contributed by atoms with Crippen molar-refractivity contribution >= 4 is 23.6 Å². The van der Waals surface area contributed by atoms with Gasteiger partial charge in [0.2, 0.25) is 11.8 Å². The van der Waals surface area contributed by atoms with Crippen molar-refractivity contribution in [2.45, 2.75) is 38.8 Å². The minimum Gasteiger partial charge on any atom is -0.291 e. The molecule has 8 nitrogen and oxygen atoms in total. The molecule has 4 amide bonds. The van der Waals surface area contributed by atoms with Crippen LogP contribution in [0.4, 0.5) is 0 Å². The van der Waals surface area contributed by atoms with E-state index in [1.807, 2.05) is 0 Å². The first-order valence-electron chi connectivity index (χ1n) is 6.36. The number of rotatable bonds is 6. The summed E-state index contributed by atoms with van der Waals surface area (Å²) in [4.78, 5) is 45.9. The number of azo groups is 1. The van der Waals surface area contributed by atoms with Crippen molar-refractivity contribution in [3.63, 3.8) is 0 Å². The monoisotopic (exact) mass is 308 g/mol. The van der Waals surface area contributed by atoms with Gasteiger partial charge in [-0.3, -0.25) is 29.8 Å². The molecular formula is C14H20N4O4. The van der Waals surface area contributed by atoms with Gasteiger partial charge in [0.1, 0.15) is 0 Å². The van der Waals surface area contributed by atoms with Gasteiger partial charge in [-0.1, -0.05) is 13.2 Å². The van der Waals surface area contributed by atoms with Crippen LogP contribution in [-0.2, 0) is 19.2 Å². The smallest absolute Gasteiger partial charge is 0.256 e. The number of nitrogens with one attached hydrogen (secondary N) is 2. The van der Waals surface area contributed by atoms with E-state index in [0.29, 0.717) is 0 Å². The third kappa shape index (κ3) is 5.78. The molecule has 0 unspecified atom stereocenters. The zero-order valence-corrected chi connectivity index (χ0v) is 13.1. The summed E-state index contributed by atoms with van der Waals surface area (Å²) in [6, 6.07) is 0. The lowest BCUT2D eigenvalue weighted by Gasteiger charge is -2.21. The molecule has 0 aromatic heterocycles. The largest absolute Gasteiger partial charge is 0.291 e. The molecule has 22 heavy (non-hydrogen) atoms. The van der Waals surface area contributed by atoms with Gasteiger partial charge in [0, 0.05) is 0 Å². The third-order valence-corrected chi connectivity index (χ3v) is 2.51. The molecule has 0 atom stereocenters. The topological polar surface area (TPSA) is 117 Å². The molecule has 0 aliphatic carbocycles. The minimum absolute atomic E-state index is 0.665. The molecule has 2 N–H and O–H groups in total. The van der Waals surface area contributed by atoms with Gasteiger partial charge in [-0.25, -0.2) is 0 Å². The lowest BCUT2D eigenvalue weighted by atomic mass is 10.0. The van der Waals surface area contributed by atoms with Crippen molar-refractivity contribution in [1.82, 2.24) is 10.6 Å². The number of carbonyl (C=O) groups is 4. The molecule has 0 saturated heterocycles.